The Morgan fingerprint density at radius 1 is 1.20 bits per heavy atom. The zero-order chi connectivity index (χ0) is 20.7. The summed E-state index contributed by atoms with van der Waals surface area (Å²) >= 11 is 0. The van der Waals surface area contributed by atoms with Crippen LogP contribution in [0.2, 0.25) is 0 Å². The second kappa shape index (κ2) is 7.00. The molecule has 2 N–H and O–H groups in total. The molecule has 4 aromatic heterocycles. The summed E-state index contributed by atoms with van der Waals surface area (Å²) in [7, 11) is 1.95. The van der Waals surface area contributed by atoms with Crippen LogP contribution in [-0.2, 0) is 6.54 Å². The summed E-state index contributed by atoms with van der Waals surface area (Å²) < 4.78 is 1.57. The topological polar surface area (TPSA) is 99.4 Å². The third-order valence-electron chi connectivity index (χ3n) is 5.06. The lowest BCUT2D eigenvalue weighted by molar-refractivity contribution is 0.0699. The van der Waals surface area contributed by atoms with Crippen LogP contribution in [0.15, 0.2) is 67.1 Å². The van der Waals surface area contributed by atoms with Crippen LogP contribution < -0.4 is 4.90 Å². The van der Waals surface area contributed by atoms with Crippen LogP contribution in [0.3, 0.4) is 0 Å². The minimum atomic E-state index is -1.06. The Kier molecular flexibility index (Phi) is 4.17. The van der Waals surface area contributed by atoms with Crippen molar-refractivity contribution < 1.29 is 9.90 Å². The lowest BCUT2D eigenvalue weighted by atomic mass is 10.1. The molecule has 0 aliphatic rings. The molecule has 0 radical (unpaired) electrons. The van der Waals surface area contributed by atoms with Gasteiger partial charge in [-0.05, 0) is 17.7 Å². The number of aromatic nitrogens is 5. The number of pyridine rings is 1. The summed E-state index contributed by atoms with van der Waals surface area (Å²) in [6.45, 7) is 0.636. The van der Waals surface area contributed by atoms with E-state index in [0.717, 1.165) is 28.0 Å². The molecule has 5 rings (SSSR count). The smallest absolute Gasteiger partial charge is 0.341 e. The van der Waals surface area contributed by atoms with Crippen molar-refractivity contribution >= 4 is 28.5 Å². The van der Waals surface area contributed by atoms with Gasteiger partial charge < -0.3 is 15.0 Å². The molecule has 0 atom stereocenters. The maximum absolute atomic E-state index is 11.7. The normalized spacial score (nSPS) is 11.2. The van der Waals surface area contributed by atoms with Crippen molar-refractivity contribution in [1.29, 1.82) is 0 Å². The van der Waals surface area contributed by atoms with E-state index >= 15 is 0 Å². The summed E-state index contributed by atoms with van der Waals surface area (Å²) in [6, 6.07) is 15.8. The fourth-order valence-corrected chi connectivity index (χ4v) is 3.61. The van der Waals surface area contributed by atoms with E-state index in [2.05, 4.69) is 20.1 Å². The molecule has 4 heterocycles. The standard InChI is InChI=1S/C22H18N6O2/c1-27(13-14-6-3-2-4-7-14)19-10-18(16-11-24-20-15(16)8-5-9-23-20)26-21-17(22(29)30)12-25-28(19)21/h2-12H,13H2,1H3,(H,23,24)(H,29,30). The molecule has 0 amide bonds. The number of carboxylic acid groups (broad SMARTS) is 1. The number of fused-ring (bicyclic) bond motifs is 2. The molecular formula is C22H18N6O2. The highest BCUT2D eigenvalue weighted by Crippen LogP contribution is 2.30. The third-order valence-corrected chi connectivity index (χ3v) is 5.06. The van der Waals surface area contributed by atoms with Crippen LogP contribution in [-0.4, -0.2) is 42.7 Å². The average Bonchev–Trinajstić information content (AvgIpc) is 3.38. The van der Waals surface area contributed by atoms with Crippen LogP contribution in [0.1, 0.15) is 15.9 Å². The zero-order valence-electron chi connectivity index (χ0n) is 16.1. The Balaban J connectivity index is 1.70. The molecule has 0 saturated carbocycles. The van der Waals surface area contributed by atoms with Gasteiger partial charge in [0.25, 0.3) is 0 Å². The maximum Gasteiger partial charge on any atom is 0.341 e. The summed E-state index contributed by atoms with van der Waals surface area (Å²) in [6.07, 6.45) is 4.90. The monoisotopic (exact) mass is 398 g/mol. The molecule has 8 nitrogen and oxygen atoms in total. The van der Waals surface area contributed by atoms with Gasteiger partial charge in [0.05, 0.1) is 11.9 Å². The maximum atomic E-state index is 11.7. The molecule has 0 aliphatic carbocycles. The van der Waals surface area contributed by atoms with E-state index in [0.29, 0.717) is 17.9 Å². The van der Waals surface area contributed by atoms with Crippen molar-refractivity contribution in [2.24, 2.45) is 0 Å². The highest BCUT2D eigenvalue weighted by atomic mass is 16.4. The first-order valence-corrected chi connectivity index (χ1v) is 9.41. The molecule has 148 valence electrons. The first-order valence-electron chi connectivity index (χ1n) is 9.41. The fourth-order valence-electron chi connectivity index (χ4n) is 3.61. The zero-order valence-corrected chi connectivity index (χ0v) is 16.1. The van der Waals surface area contributed by atoms with Gasteiger partial charge in [0.1, 0.15) is 17.0 Å². The van der Waals surface area contributed by atoms with Crippen LogP contribution in [0, 0.1) is 0 Å². The minimum Gasteiger partial charge on any atom is -0.477 e. The van der Waals surface area contributed by atoms with Gasteiger partial charge in [-0.15, -0.1) is 0 Å². The number of nitrogens with zero attached hydrogens (tertiary/aromatic N) is 5. The third kappa shape index (κ3) is 2.95. The van der Waals surface area contributed by atoms with Crippen molar-refractivity contribution in [1.82, 2.24) is 24.6 Å². The van der Waals surface area contributed by atoms with Gasteiger partial charge in [0, 0.05) is 43.0 Å². The predicted octanol–water partition coefficient (Wildman–Crippen LogP) is 3.61. The number of hydrogen-bond donors (Lipinski definition) is 2. The number of carbonyl (C=O) groups is 1. The highest BCUT2D eigenvalue weighted by Gasteiger charge is 2.20. The minimum absolute atomic E-state index is 0.0594. The number of hydrogen-bond acceptors (Lipinski definition) is 5. The molecule has 0 aliphatic heterocycles. The number of H-pyrrole nitrogens is 1. The molecule has 5 aromatic rings. The van der Waals surface area contributed by atoms with Gasteiger partial charge in [-0.2, -0.15) is 9.61 Å². The van der Waals surface area contributed by atoms with Gasteiger partial charge in [-0.3, -0.25) is 0 Å². The van der Waals surface area contributed by atoms with Crippen LogP contribution in [0.5, 0.6) is 0 Å². The Bertz CT molecular complexity index is 1370. The quantitative estimate of drug-likeness (QED) is 0.469. The van der Waals surface area contributed by atoms with Gasteiger partial charge >= 0.3 is 5.97 Å². The lowest BCUT2D eigenvalue weighted by Gasteiger charge is -2.21. The van der Waals surface area contributed by atoms with Crippen LogP contribution in [0.25, 0.3) is 27.9 Å². The summed E-state index contributed by atoms with van der Waals surface area (Å²) in [5.74, 6) is -0.323. The molecule has 8 heteroatoms. The first kappa shape index (κ1) is 17.9. The van der Waals surface area contributed by atoms with E-state index in [1.54, 1.807) is 10.7 Å². The van der Waals surface area contributed by atoms with Crippen molar-refractivity contribution in [2.45, 2.75) is 6.54 Å². The van der Waals surface area contributed by atoms with Crippen LogP contribution >= 0.6 is 0 Å². The number of aromatic carboxylic acids is 1. The van der Waals surface area contributed by atoms with Gasteiger partial charge in [0.15, 0.2) is 5.65 Å². The molecule has 0 saturated heterocycles. The summed E-state index contributed by atoms with van der Waals surface area (Å²) in [5.41, 5.74) is 3.75. The Morgan fingerprint density at radius 2 is 2.03 bits per heavy atom. The molecule has 1 aromatic carbocycles. The molecule has 30 heavy (non-hydrogen) atoms. The van der Waals surface area contributed by atoms with Crippen molar-refractivity contribution in [2.75, 3.05) is 11.9 Å². The number of nitrogens with one attached hydrogen (secondary N) is 1. The number of benzene rings is 1. The molecule has 0 fully saturated rings. The highest BCUT2D eigenvalue weighted by molar-refractivity contribution is 5.96. The number of carboxylic acids is 1. The molecule has 0 spiro atoms. The van der Waals surface area contributed by atoms with Crippen LogP contribution in [0.4, 0.5) is 5.82 Å². The Labute approximate surface area is 171 Å². The van der Waals surface area contributed by atoms with Crippen molar-refractivity contribution in [3.05, 3.63) is 78.2 Å². The SMILES string of the molecule is CN(Cc1ccccc1)c1cc(-c2c[nH]c3ncccc23)nc2c(C(=O)O)cnn12. The average molecular weight is 398 g/mol. The van der Waals surface area contributed by atoms with E-state index in [1.807, 2.05) is 66.7 Å². The van der Waals surface area contributed by atoms with E-state index < -0.39 is 5.97 Å². The lowest BCUT2D eigenvalue weighted by Crippen LogP contribution is -2.20. The predicted molar refractivity (Wildman–Crippen MR) is 114 cm³/mol. The number of rotatable bonds is 5. The van der Waals surface area contributed by atoms with E-state index in [1.165, 1.54) is 6.20 Å². The fraction of sp³-hybridized carbons (Fsp3) is 0.0909. The number of aromatic amines is 1. The van der Waals surface area contributed by atoms with Gasteiger partial charge in [0.2, 0.25) is 0 Å². The van der Waals surface area contributed by atoms with E-state index in [9.17, 15) is 9.90 Å². The van der Waals surface area contributed by atoms with Gasteiger partial charge in [-0.25, -0.2) is 14.8 Å². The molecule has 0 bridgehead atoms. The molecule has 0 unspecified atom stereocenters. The number of anilines is 1. The second-order valence-electron chi connectivity index (χ2n) is 7.04. The van der Waals surface area contributed by atoms with Crippen molar-refractivity contribution in [3.8, 4) is 11.3 Å². The summed E-state index contributed by atoms with van der Waals surface area (Å²) in [4.78, 5) is 25.9. The van der Waals surface area contributed by atoms with E-state index in [-0.39, 0.29) is 5.56 Å². The first-order chi connectivity index (χ1) is 14.6. The van der Waals surface area contributed by atoms with Gasteiger partial charge in [-0.1, -0.05) is 30.3 Å². The Morgan fingerprint density at radius 3 is 2.83 bits per heavy atom. The summed E-state index contributed by atoms with van der Waals surface area (Å²) in [5, 5.41) is 14.8. The second-order valence-corrected chi connectivity index (χ2v) is 7.04. The van der Waals surface area contributed by atoms with Crippen molar-refractivity contribution in [3.63, 3.8) is 0 Å². The molecular weight excluding hydrogens is 380 g/mol. The van der Waals surface area contributed by atoms with E-state index in [4.69, 9.17) is 0 Å². The Hall–Kier alpha value is -4.20. The largest absolute Gasteiger partial charge is 0.477 e.